The van der Waals surface area contributed by atoms with Gasteiger partial charge in [-0.15, -0.1) is 0 Å². The highest BCUT2D eigenvalue weighted by molar-refractivity contribution is 5.79. The number of nitrogens with zero attached hydrogens (tertiary/aromatic N) is 2. The summed E-state index contributed by atoms with van der Waals surface area (Å²) < 4.78 is 5.35. The van der Waals surface area contributed by atoms with Crippen molar-refractivity contribution in [1.29, 1.82) is 0 Å². The fraction of sp³-hybridized carbons (Fsp3) is 0.533. The van der Waals surface area contributed by atoms with Gasteiger partial charge >= 0.3 is 0 Å². The second-order valence-electron chi connectivity index (χ2n) is 5.52. The van der Waals surface area contributed by atoms with E-state index in [9.17, 15) is 5.11 Å². The summed E-state index contributed by atoms with van der Waals surface area (Å²) in [5.41, 5.74) is 2.78. The standard InChI is InChI=1S/C15H22N4O3/c20-10-12(21)8-16-11-1-2-13-14(7-11)18-15(17-13)9-19-3-5-22-6-4-19/h1-2,7,12,16,20-21H,3-6,8-10H2,(H,17,18). The van der Waals surface area contributed by atoms with Crippen molar-refractivity contribution in [2.75, 3.05) is 44.8 Å². The quantitative estimate of drug-likeness (QED) is 0.607. The molecule has 3 rings (SSSR count). The van der Waals surface area contributed by atoms with Crippen molar-refractivity contribution in [2.24, 2.45) is 0 Å². The second-order valence-corrected chi connectivity index (χ2v) is 5.52. The lowest BCUT2D eigenvalue weighted by Gasteiger charge is -2.25. The van der Waals surface area contributed by atoms with Crippen LogP contribution in [0.5, 0.6) is 0 Å². The van der Waals surface area contributed by atoms with Crippen LogP contribution in [0.4, 0.5) is 5.69 Å². The molecule has 120 valence electrons. The van der Waals surface area contributed by atoms with E-state index in [1.165, 1.54) is 0 Å². The van der Waals surface area contributed by atoms with E-state index in [0.29, 0.717) is 6.54 Å². The number of aliphatic hydroxyl groups is 2. The number of aliphatic hydroxyl groups excluding tert-OH is 2. The SMILES string of the molecule is OCC(O)CNc1ccc2nc(CN3CCOCC3)[nH]c2c1. The van der Waals surface area contributed by atoms with Gasteiger partial charge < -0.3 is 25.3 Å². The third-order valence-corrected chi connectivity index (χ3v) is 3.76. The smallest absolute Gasteiger partial charge is 0.121 e. The van der Waals surface area contributed by atoms with Crippen LogP contribution < -0.4 is 5.32 Å². The number of rotatable bonds is 6. The molecule has 1 atom stereocenters. The fourth-order valence-corrected chi connectivity index (χ4v) is 2.52. The molecule has 0 bridgehead atoms. The highest BCUT2D eigenvalue weighted by Gasteiger charge is 2.13. The van der Waals surface area contributed by atoms with Gasteiger partial charge in [0.25, 0.3) is 0 Å². The van der Waals surface area contributed by atoms with Crippen molar-refractivity contribution in [2.45, 2.75) is 12.6 Å². The molecule has 4 N–H and O–H groups in total. The molecular formula is C15H22N4O3. The number of morpholine rings is 1. The molecular weight excluding hydrogens is 284 g/mol. The maximum absolute atomic E-state index is 9.37. The van der Waals surface area contributed by atoms with Crippen LogP contribution in [0.1, 0.15) is 5.82 Å². The fourth-order valence-electron chi connectivity index (χ4n) is 2.52. The van der Waals surface area contributed by atoms with E-state index in [1.54, 1.807) is 0 Å². The summed E-state index contributed by atoms with van der Waals surface area (Å²) in [7, 11) is 0. The Bertz CT molecular complexity index is 610. The summed E-state index contributed by atoms with van der Waals surface area (Å²) in [5.74, 6) is 0.949. The molecule has 2 heterocycles. The Kier molecular flexibility index (Phi) is 4.89. The number of ether oxygens (including phenoxy) is 1. The molecule has 1 saturated heterocycles. The minimum Gasteiger partial charge on any atom is -0.394 e. The van der Waals surface area contributed by atoms with Crippen molar-refractivity contribution >= 4 is 16.7 Å². The first-order valence-electron chi connectivity index (χ1n) is 7.56. The summed E-state index contributed by atoms with van der Waals surface area (Å²) in [6.07, 6.45) is -0.755. The zero-order chi connectivity index (χ0) is 15.4. The molecule has 1 unspecified atom stereocenters. The number of hydrogen-bond acceptors (Lipinski definition) is 6. The summed E-state index contributed by atoms with van der Waals surface area (Å²) in [6.45, 7) is 4.29. The predicted molar refractivity (Wildman–Crippen MR) is 83.8 cm³/mol. The van der Waals surface area contributed by atoms with Crippen LogP contribution >= 0.6 is 0 Å². The van der Waals surface area contributed by atoms with Gasteiger partial charge in [-0.25, -0.2) is 4.98 Å². The van der Waals surface area contributed by atoms with Crippen LogP contribution in [0.15, 0.2) is 18.2 Å². The number of aromatic nitrogens is 2. The Morgan fingerprint density at radius 1 is 1.36 bits per heavy atom. The van der Waals surface area contributed by atoms with Gasteiger partial charge in [-0.05, 0) is 18.2 Å². The van der Waals surface area contributed by atoms with Crippen LogP contribution in [0.25, 0.3) is 11.0 Å². The molecule has 1 aromatic carbocycles. The van der Waals surface area contributed by atoms with E-state index in [1.807, 2.05) is 18.2 Å². The molecule has 22 heavy (non-hydrogen) atoms. The number of nitrogens with one attached hydrogen (secondary N) is 2. The Balaban J connectivity index is 1.67. The average Bonchev–Trinajstić information content (AvgIpc) is 2.94. The zero-order valence-corrected chi connectivity index (χ0v) is 12.5. The minimum absolute atomic E-state index is 0.247. The number of anilines is 1. The Morgan fingerprint density at radius 2 is 2.18 bits per heavy atom. The van der Waals surface area contributed by atoms with E-state index >= 15 is 0 Å². The number of hydrogen-bond donors (Lipinski definition) is 4. The third-order valence-electron chi connectivity index (χ3n) is 3.76. The summed E-state index contributed by atoms with van der Waals surface area (Å²) >= 11 is 0. The maximum Gasteiger partial charge on any atom is 0.121 e. The zero-order valence-electron chi connectivity index (χ0n) is 12.5. The third kappa shape index (κ3) is 3.75. The van der Waals surface area contributed by atoms with Crippen molar-refractivity contribution in [3.05, 3.63) is 24.0 Å². The number of H-pyrrole nitrogens is 1. The molecule has 7 heteroatoms. The monoisotopic (exact) mass is 306 g/mol. The van der Waals surface area contributed by atoms with Gasteiger partial charge in [-0.2, -0.15) is 0 Å². The molecule has 1 aromatic heterocycles. The average molecular weight is 306 g/mol. The highest BCUT2D eigenvalue weighted by atomic mass is 16.5. The molecule has 1 fully saturated rings. The molecule has 7 nitrogen and oxygen atoms in total. The maximum atomic E-state index is 9.37. The van der Waals surface area contributed by atoms with Gasteiger partial charge in [-0.3, -0.25) is 4.90 Å². The molecule has 1 aliphatic rings. The molecule has 2 aromatic rings. The second kappa shape index (κ2) is 7.06. The molecule has 1 aliphatic heterocycles. The van der Waals surface area contributed by atoms with E-state index in [2.05, 4.69) is 20.2 Å². The minimum atomic E-state index is -0.755. The van der Waals surface area contributed by atoms with Crippen molar-refractivity contribution in [3.8, 4) is 0 Å². The summed E-state index contributed by atoms with van der Waals surface area (Å²) in [6, 6.07) is 5.84. The van der Waals surface area contributed by atoms with Gasteiger partial charge in [-0.1, -0.05) is 0 Å². The van der Waals surface area contributed by atoms with Crippen LogP contribution in [0, 0.1) is 0 Å². The number of imidazole rings is 1. The summed E-state index contributed by atoms with van der Waals surface area (Å²) in [5, 5.41) is 21.3. The van der Waals surface area contributed by atoms with Crippen LogP contribution in [0.2, 0.25) is 0 Å². The highest BCUT2D eigenvalue weighted by Crippen LogP contribution is 2.18. The van der Waals surface area contributed by atoms with Crippen LogP contribution in [0.3, 0.4) is 0 Å². The van der Waals surface area contributed by atoms with E-state index in [4.69, 9.17) is 9.84 Å². The Morgan fingerprint density at radius 3 is 2.95 bits per heavy atom. The number of fused-ring (bicyclic) bond motifs is 1. The lowest BCUT2D eigenvalue weighted by atomic mass is 10.2. The number of benzene rings is 1. The lowest BCUT2D eigenvalue weighted by molar-refractivity contribution is 0.0332. The van der Waals surface area contributed by atoms with Crippen LogP contribution in [-0.2, 0) is 11.3 Å². The van der Waals surface area contributed by atoms with Gasteiger partial charge in [0.1, 0.15) is 5.82 Å². The molecule has 0 aliphatic carbocycles. The molecule has 0 saturated carbocycles. The van der Waals surface area contributed by atoms with Crippen molar-refractivity contribution < 1.29 is 14.9 Å². The van der Waals surface area contributed by atoms with Gasteiger partial charge in [0.05, 0.1) is 43.5 Å². The van der Waals surface area contributed by atoms with Gasteiger partial charge in [0.15, 0.2) is 0 Å². The van der Waals surface area contributed by atoms with Crippen molar-refractivity contribution in [1.82, 2.24) is 14.9 Å². The lowest BCUT2D eigenvalue weighted by Crippen LogP contribution is -2.35. The first kappa shape index (κ1) is 15.2. The van der Waals surface area contributed by atoms with Crippen molar-refractivity contribution in [3.63, 3.8) is 0 Å². The normalized spacial score (nSPS) is 17.7. The first-order chi connectivity index (χ1) is 10.7. The first-order valence-corrected chi connectivity index (χ1v) is 7.56. The topological polar surface area (TPSA) is 93.6 Å². The molecule has 0 amide bonds. The van der Waals surface area contributed by atoms with Crippen LogP contribution in [-0.4, -0.2) is 70.6 Å². The molecule has 0 spiro atoms. The van der Waals surface area contributed by atoms with E-state index < -0.39 is 6.10 Å². The van der Waals surface area contributed by atoms with E-state index in [0.717, 1.165) is 55.4 Å². The number of aromatic amines is 1. The van der Waals surface area contributed by atoms with E-state index in [-0.39, 0.29) is 6.61 Å². The Hall–Kier alpha value is -1.67. The molecule has 0 radical (unpaired) electrons. The Labute approximate surface area is 128 Å². The van der Waals surface area contributed by atoms with Gasteiger partial charge in [0.2, 0.25) is 0 Å². The predicted octanol–water partition coefficient (Wildman–Crippen LogP) is 0.160. The summed E-state index contributed by atoms with van der Waals surface area (Å²) in [4.78, 5) is 10.3. The largest absolute Gasteiger partial charge is 0.394 e. The van der Waals surface area contributed by atoms with Gasteiger partial charge in [0, 0.05) is 25.3 Å².